The second kappa shape index (κ2) is 2.83. The first-order chi connectivity index (χ1) is 6.59. The van der Waals surface area contributed by atoms with Gasteiger partial charge in [-0.1, -0.05) is 6.07 Å². The molecule has 14 heavy (non-hydrogen) atoms. The summed E-state index contributed by atoms with van der Waals surface area (Å²) in [6.45, 7) is 3.92. The maximum atomic E-state index is 10.7. The summed E-state index contributed by atoms with van der Waals surface area (Å²) in [4.78, 5) is 14.7. The topological polar surface area (TPSA) is 54.6 Å². The first kappa shape index (κ1) is 8.74. The third kappa shape index (κ3) is 1.16. The Kier molecular flexibility index (Phi) is 1.77. The number of aromatic nitrogens is 2. The minimum atomic E-state index is -0.995. The van der Waals surface area contributed by atoms with Crippen molar-refractivity contribution < 1.29 is 9.90 Å². The van der Waals surface area contributed by atoms with Crippen molar-refractivity contribution in [3.63, 3.8) is 0 Å². The Balaban J connectivity index is 2.77. The molecule has 1 N–H and O–H groups in total. The summed E-state index contributed by atoms with van der Waals surface area (Å²) in [6.07, 6.45) is 1.54. The Labute approximate surface area is 80.8 Å². The maximum Gasteiger partial charge on any atom is 0.356 e. The number of carboxylic acids is 1. The van der Waals surface area contributed by atoms with Crippen molar-refractivity contribution in [3.05, 3.63) is 35.3 Å². The number of carbonyl (C=O) groups is 1. The summed E-state index contributed by atoms with van der Waals surface area (Å²) in [5.74, 6) is -0.995. The minimum Gasteiger partial charge on any atom is -0.476 e. The lowest BCUT2D eigenvalue weighted by molar-refractivity contribution is 0.0691. The molecule has 0 radical (unpaired) electrons. The van der Waals surface area contributed by atoms with E-state index in [2.05, 4.69) is 4.98 Å². The van der Waals surface area contributed by atoms with E-state index in [9.17, 15) is 4.79 Å². The number of hydrogen-bond acceptors (Lipinski definition) is 2. The summed E-state index contributed by atoms with van der Waals surface area (Å²) in [5, 5.41) is 8.77. The van der Waals surface area contributed by atoms with Crippen LogP contribution >= 0.6 is 0 Å². The zero-order valence-corrected chi connectivity index (χ0v) is 7.98. The van der Waals surface area contributed by atoms with Crippen molar-refractivity contribution >= 4 is 11.6 Å². The Morgan fingerprint density at radius 2 is 2.14 bits per heavy atom. The van der Waals surface area contributed by atoms with Crippen LogP contribution < -0.4 is 0 Å². The van der Waals surface area contributed by atoms with Crippen LogP contribution in [0.2, 0.25) is 0 Å². The number of aryl methyl sites for hydroxylation is 2. The quantitative estimate of drug-likeness (QED) is 0.743. The normalized spacial score (nSPS) is 10.7. The number of rotatable bonds is 1. The molecule has 2 rings (SSSR count). The molecule has 0 bridgehead atoms. The van der Waals surface area contributed by atoms with Gasteiger partial charge < -0.3 is 9.51 Å². The van der Waals surface area contributed by atoms with Crippen LogP contribution in [-0.2, 0) is 0 Å². The molecule has 2 aromatic heterocycles. The number of fused-ring (bicyclic) bond motifs is 1. The van der Waals surface area contributed by atoms with Gasteiger partial charge in [-0.05, 0) is 25.5 Å². The van der Waals surface area contributed by atoms with Crippen LogP contribution in [0.1, 0.15) is 21.7 Å². The van der Waals surface area contributed by atoms with Crippen molar-refractivity contribution in [2.45, 2.75) is 13.8 Å². The standard InChI is InChI=1S/C10H10N2O2/c1-6-3-4-9-11-8(10(13)14)5-12(9)7(6)2/h3-5H,1-2H3,(H,13,14). The number of imidazole rings is 1. The second-order valence-corrected chi connectivity index (χ2v) is 3.26. The van der Waals surface area contributed by atoms with Gasteiger partial charge in [-0.3, -0.25) is 0 Å². The average Bonchev–Trinajstić information content (AvgIpc) is 2.56. The molecule has 0 saturated carbocycles. The number of carboxylic acid groups (broad SMARTS) is 1. The van der Waals surface area contributed by atoms with Crippen LogP contribution in [-0.4, -0.2) is 20.5 Å². The number of nitrogens with zero attached hydrogens (tertiary/aromatic N) is 2. The Bertz CT molecular complexity index is 514. The highest BCUT2D eigenvalue weighted by Gasteiger charge is 2.09. The molecule has 0 amide bonds. The van der Waals surface area contributed by atoms with Crippen molar-refractivity contribution in [3.8, 4) is 0 Å². The van der Waals surface area contributed by atoms with Crippen LogP contribution in [0.5, 0.6) is 0 Å². The van der Waals surface area contributed by atoms with E-state index in [4.69, 9.17) is 5.11 Å². The van der Waals surface area contributed by atoms with E-state index in [1.807, 2.05) is 26.0 Å². The predicted octanol–water partition coefficient (Wildman–Crippen LogP) is 1.65. The van der Waals surface area contributed by atoms with E-state index in [1.54, 1.807) is 10.6 Å². The van der Waals surface area contributed by atoms with E-state index < -0.39 is 5.97 Å². The van der Waals surface area contributed by atoms with Gasteiger partial charge in [0.05, 0.1) is 0 Å². The smallest absolute Gasteiger partial charge is 0.356 e. The van der Waals surface area contributed by atoms with Crippen molar-refractivity contribution in [1.29, 1.82) is 0 Å². The van der Waals surface area contributed by atoms with Crippen molar-refractivity contribution in [2.24, 2.45) is 0 Å². The first-order valence-corrected chi connectivity index (χ1v) is 4.28. The lowest BCUT2D eigenvalue weighted by Crippen LogP contribution is -1.95. The lowest BCUT2D eigenvalue weighted by Gasteiger charge is -2.01. The van der Waals surface area contributed by atoms with E-state index >= 15 is 0 Å². The summed E-state index contributed by atoms with van der Waals surface area (Å²) >= 11 is 0. The third-order valence-electron chi connectivity index (χ3n) is 2.37. The van der Waals surface area contributed by atoms with Gasteiger partial charge in [-0.2, -0.15) is 0 Å². The molecule has 0 atom stereocenters. The molecule has 0 unspecified atom stereocenters. The van der Waals surface area contributed by atoms with Gasteiger partial charge in [0.15, 0.2) is 5.69 Å². The van der Waals surface area contributed by atoms with Crippen LogP contribution in [0.3, 0.4) is 0 Å². The predicted molar refractivity (Wildman–Crippen MR) is 51.6 cm³/mol. The van der Waals surface area contributed by atoms with E-state index in [-0.39, 0.29) is 5.69 Å². The molecular weight excluding hydrogens is 180 g/mol. The Hall–Kier alpha value is -1.84. The van der Waals surface area contributed by atoms with Crippen LogP contribution in [0.4, 0.5) is 0 Å². The van der Waals surface area contributed by atoms with Crippen molar-refractivity contribution in [2.75, 3.05) is 0 Å². The summed E-state index contributed by atoms with van der Waals surface area (Å²) < 4.78 is 1.79. The fourth-order valence-electron chi connectivity index (χ4n) is 1.39. The van der Waals surface area contributed by atoms with Gasteiger partial charge in [0, 0.05) is 11.9 Å². The highest BCUT2D eigenvalue weighted by atomic mass is 16.4. The molecule has 72 valence electrons. The van der Waals surface area contributed by atoms with Crippen molar-refractivity contribution in [1.82, 2.24) is 9.38 Å². The monoisotopic (exact) mass is 190 g/mol. The molecule has 2 heterocycles. The van der Waals surface area contributed by atoms with Gasteiger partial charge in [0.25, 0.3) is 0 Å². The molecule has 0 aliphatic heterocycles. The summed E-state index contributed by atoms with van der Waals surface area (Å²) in [7, 11) is 0. The third-order valence-corrected chi connectivity index (χ3v) is 2.37. The Morgan fingerprint density at radius 1 is 1.43 bits per heavy atom. The SMILES string of the molecule is Cc1ccc2nc(C(=O)O)cn2c1C. The van der Waals surface area contributed by atoms with Gasteiger partial charge in [-0.25, -0.2) is 9.78 Å². The molecule has 0 aliphatic carbocycles. The minimum absolute atomic E-state index is 0.0821. The largest absolute Gasteiger partial charge is 0.476 e. The van der Waals surface area contributed by atoms with Crippen LogP contribution in [0, 0.1) is 13.8 Å². The molecule has 0 spiro atoms. The van der Waals surface area contributed by atoms with Crippen LogP contribution in [0.25, 0.3) is 5.65 Å². The molecule has 0 aromatic carbocycles. The number of pyridine rings is 1. The molecular formula is C10H10N2O2. The fraction of sp³-hybridized carbons (Fsp3) is 0.200. The maximum absolute atomic E-state index is 10.7. The molecule has 0 saturated heterocycles. The van der Waals surface area contributed by atoms with Gasteiger partial charge in [0.2, 0.25) is 0 Å². The first-order valence-electron chi connectivity index (χ1n) is 4.28. The molecule has 0 aliphatic rings. The number of aromatic carboxylic acids is 1. The van der Waals surface area contributed by atoms with Gasteiger partial charge >= 0.3 is 5.97 Å². The summed E-state index contributed by atoms with van der Waals surface area (Å²) in [6, 6.07) is 3.75. The highest BCUT2D eigenvalue weighted by Crippen LogP contribution is 2.12. The van der Waals surface area contributed by atoms with Gasteiger partial charge in [-0.15, -0.1) is 0 Å². The average molecular weight is 190 g/mol. The van der Waals surface area contributed by atoms with Gasteiger partial charge in [0.1, 0.15) is 5.65 Å². The highest BCUT2D eigenvalue weighted by molar-refractivity contribution is 5.86. The number of hydrogen-bond donors (Lipinski definition) is 1. The van der Waals surface area contributed by atoms with Crippen LogP contribution in [0.15, 0.2) is 18.3 Å². The van der Waals surface area contributed by atoms with E-state index in [0.717, 1.165) is 11.3 Å². The lowest BCUT2D eigenvalue weighted by atomic mass is 10.2. The molecule has 4 heteroatoms. The fourth-order valence-corrected chi connectivity index (χ4v) is 1.39. The van der Waals surface area contributed by atoms with E-state index in [0.29, 0.717) is 5.65 Å². The molecule has 2 aromatic rings. The summed E-state index contributed by atoms with van der Waals surface area (Å²) in [5.41, 5.74) is 2.89. The second-order valence-electron chi connectivity index (χ2n) is 3.26. The zero-order valence-electron chi connectivity index (χ0n) is 7.98. The van der Waals surface area contributed by atoms with E-state index in [1.165, 1.54) is 0 Å². The molecule has 0 fully saturated rings. The Morgan fingerprint density at radius 3 is 2.79 bits per heavy atom. The zero-order chi connectivity index (χ0) is 10.3. The molecule has 4 nitrogen and oxygen atoms in total.